The molecule has 0 amide bonds. The van der Waals surface area contributed by atoms with Gasteiger partial charge in [0.15, 0.2) is 0 Å². The third kappa shape index (κ3) is 2.42. The van der Waals surface area contributed by atoms with Crippen LogP contribution in [-0.2, 0) is 11.3 Å². The molecule has 0 N–H and O–H groups in total. The first kappa shape index (κ1) is 11.9. The van der Waals surface area contributed by atoms with E-state index in [0.717, 1.165) is 13.2 Å². The van der Waals surface area contributed by atoms with Crippen LogP contribution in [0.1, 0.15) is 11.3 Å². The van der Waals surface area contributed by atoms with E-state index < -0.39 is 0 Å². The Morgan fingerprint density at radius 3 is 2.53 bits per heavy atom. The smallest absolute Gasteiger partial charge is 0.0642 e. The molecular formula is C15H19NO. The monoisotopic (exact) mass is 229 g/mol. The predicted octanol–water partition coefficient (Wildman–Crippen LogP) is 3.42. The number of aryl methyl sites for hydroxylation is 2. The lowest BCUT2D eigenvalue weighted by Gasteiger charge is -2.13. The quantitative estimate of drug-likeness (QED) is 0.783. The summed E-state index contributed by atoms with van der Waals surface area (Å²) in [4.78, 5) is 0. The van der Waals surface area contributed by atoms with Crippen molar-refractivity contribution in [2.75, 3.05) is 13.7 Å². The zero-order valence-electron chi connectivity index (χ0n) is 10.7. The predicted molar refractivity (Wildman–Crippen MR) is 71.2 cm³/mol. The molecule has 1 heterocycles. The van der Waals surface area contributed by atoms with Crippen LogP contribution < -0.4 is 0 Å². The van der Waals surface area contributed by atoms with E-state index >= 15 is 0 Å². The Morgan fingerprint density at radius 2 is 1.82 bits per heavy atom. The lowest BCUT2D eigenvalue weighted by Crippen LogP contribution is -2.07. The highest BCUT2D eigenvalue weighted by Crippen LogP contribution is 2.25. The molecule has 90 valence electrons. The van der Waals surface area contributed by atoms with Crippen molar-refractivity contribution < 1.29 is 4.74 Å². The molecule has 2 nitrogen and oxygen atoms in total. The van der Waals surface area contributed by atoms with E-state index in [0.29, 0.717) is 0 Å². The highest BCUT2D eigenvalue weighted by atomic mass is 16.5. The van der Waals surface area contributed by atoms with Gasteiger partial charge in [0.1, 0.15) is 0 Å². The van der Waals surface area contributed by atoms with E-state index in [4.69, 9.17) is 4.74 Å². The van der Waals surface area contributed by atoms with Crippen molar-refractivity contribution in [2.24, 2.45) is 0 Å². The first-order valence-electron chi connectivity index (χ1n) is 5.95. The molecular weight excluding hydrogens is 210 g/mol. The fraction of sp³-hybridized carbons (Fsp3) is 0.333. The van der Waals surface area contributed by atoms with Gasteiger partial charge in [0.05, 0.1) is 6.61 Å². The van der Waals surface area contributed by atoms with Crippen LogP contribution >= 0.6 is 0 Å². The van der Waals surface area contributed by atoms with Gasteiger partial charge in [0.2, 0.25) is 0 Å². The van der Waals surface area contributed by atoms with Crippen LogP contribution in [0, 0.1) is 13.8 Å². The van der Waals surface area contributed by atoms with Crippen LogP contribution in [0.4, 0.5) is 0 Å². The van der Waals surface area contributed by atoms with Crippen LogP contribution in [0.3, 0.4) is 0 Å². The van der Waals surface area contributed by atoms with Crippen molar-refractivity contribution in [1.82, 2.24) is 4.57 Å². The van der Waals surface area contributed by atoms with Gasteiger partial charge in [-0.3, -0.25) is 0 Å². The normalized spacial score (nSPS) is 10.8. The molecule has 1 aromatic carbocycles. The largest absolute Gasteiger partial charge is 0.383 e. The van der Waals surface area contributed by atoms with Crippen molar-refractivity contribution >= 4 is 0 Å². The Bertz CT molecular complexity index is 499. The number of ether oxygens (including phenoxy) is 1. The van der Waals surface area contributed by atoms with Crippen molar-refractivity contribution in [3.05, 3.63) is 47.7 Å². The zero-order valence-corrected chi connectivity index (χ0v) is 10.7. The molecule has 0 aliphatic heterocycles. The van der Waals surface area contributed by atoms with Crippen LogP contribution in [-0.4, -0.2) is 18.3 Å². The molecule has 0 unspecified atom stereocenters. The van der Waals surface area contributed by atoms with E-state index in [1.54, 1.807) is 7.11 Å². The first-order valence-corrected chi connectivity index (χ1v) is 5.95. The third-order valence-electron chi connectivity index (χ3n) is 3.14. The number of nitrogens with zero attached hydrogens (tertiary/aromatic N) is 1. The summed E-state index contributed by atoms with van der Waals surface area (Å²) in [6.45, 7) is 5.93. The van der Waals surface area contributed by atoms with E-state index in [1.807, 2.05) is 0 Å². The molecule has 1 aromatic heterocycles. The molecule has 0 aliphatic rings. The molecule has 0 saturated heterocycles. The number of benzene rings is 1. The molecule has 17 heavy (non-hydrogen) atoms. The second kappa shape index (κ2) is 5.19. The van der Waals surface area contributed by atoms with E-state index in [2.05, 4.69) is 54.8 Å². The minimum absolute atomic E-state index is 0.744. The summed E-state index contributed by atoms with van der Waals surface area (Å²) in [5.74, 6) is 0. The third-order valence-corrected chi connectivity index (χ3v) is 3.14. The van der Waals surface area contributed by atoms with Crippen LogP contribution in [0.2, 0.25) is 0 Å². The van der Waals surface area contributed by atoms with Gasteiger partial charge in [0, 0.05) is 30.6 Å². The molecule has 2 aromatic rings. The average molecular weight is 229 g/mol. The summed E-state index contributed by atoms with van der Waals surface area (Å²) in [6.07, 6.45) is 0. The maximum atomic E-state index is 5.17. The lowest BCUT2D eigenvalue weighted by molar-refractivity contribution is 0.187. The summed E-state index contributed by atoms with van der Waals surface area (Å²) in [5.41, 5.74) is 5.17. The molecule has 0 aliphatic carbocycles. The van der Waals surface area contributed by atoms with Gasteiger partial charge in [-0.1, -0.05) is 24.3 Å². The van der Waals surface area contributed by atoms with Gasteiger partial charge < -0.3 is 9.30 Å². The molecule has 0 fully saturated rings. The van der Waals surface area contributed by atoms with Gasteiger partial charge in [-0.05, 0) is 31.5 Å². The summed E-state index contributed by atoms with van der Waals surface area (Å²) in [7, 11) is 1.74. The second-order valence-corrected chi connectivity index (χ2v) is 4.32. The van der Waals surface area contributed by atoms with Crippen molar-refractivity contribution in [3.8, 4) is 11.3 Å². The fourth-order valence-corrected chi connectivity index (χ4v) is 2.14. The van der Waals surface area contributed by atoms with Crippen molar-refractivity contribution in [3.63, 3.8) is 0 Å². The first-order chi connectivity index (χ1) is 8.24. The van der Waals surface area contributed by atoms with Crippen LogP contribution in [0.25, 0.3) is 11.3 Å². The topological polar surface area (TPSA) is 14.2 Å². The number of hydrogen-bond donors (Lipinski definition) is 0. The summed E-state index contributed by atoms with van der Waals surface area (Å²) >= 11 is 0. The molecule has 0 bridgehead atoms. The van der Waals surface area contributed by atoms with Crippen LogP contribution in [0.5, 0.6) is 0 Å². The Balaban J connectivity index is 2.42. The van der Waals surface area contributed by atoms with Crippen molar-refractivity contribution in [1.29, 1.82) is 0 Å². The maximum absolute atomic E-state index is 5.17. The van der Waals surface area contributed by atoms with Gasteiger partial charge in [-0.25, -0.2) is 0 Å². The molecule has 0 saturated carbocycles. The fourth-order valence-electron chi connectivity index (χ4n) is 2.14. The van der Waals surface area contributed by atoms with Gasteiger partial charge in [-0.15, -0.1) is 0 Å². The van der Waals surface area contributed by atoms with Crippen molar-refractivity contribution in [2.45, 2.75) is 20.4 Å². The number of rotatable bonds is 4. The van der Waals surface area contributed by atoms with Gasteiger partial charge in [0.25, 0.3) is 0 Å². The number of methoxy groups -OCH3 is 1. The molecule has 0 spiro atoms. The minimum atomic E-state index is 0.744. The second-order valence-electron chi connectivity index (χ2n) is 4.32. The molecule has 0 radical (unpaired) electrons. The van der Waals surface area contributed by atoms with Gasteiger partial charge in [-0.2, -0.15) is 0 Å². The SMILES string of the molecule is COCCn1c(C)ccc1-c1ccccc1C. The van der Waals surface area contributed by atoms with E-state index in [1.165, 1.54) is 22.5 Å². The molecule has 2 rings (SSSR count). The van der Waals surface area contributed by atoms with E-state index in [9.17, 15) is 0 Å². The Kier molecular flexibility index (Phi) is 3.64. The Hall–Kier alpha value is -1.54. The zero-order chi connectivity index (χ0) is 12.3. The lowest BCUT2D eigenvalue weighted by atomic mass is 10.1. The summed E-state index contributed by atoms with van der Waals surface area (Å²) < 4.78 is 7.48. The maximum Gasteiger partial charge on any atom is 0.0642 e. The average Bonchev–Trinajstić information content (AvgIpc) is 2.69. The number of hydrogen-bond acceptors (Lipinski definition) is 1. The van der Waals surface area contributed by atoms with E-state index in [-0.39, 0.29) is 0 Å². The minimum Gasteiger partial charge on any atom is -0.383 e. The number of aromatic nitrogens is 1. The highest BCUT2D eigenvalue weighted by Gasteiger charge is 2.08. The molecule has 2 heteroatoms. The Labute approximate surface area is 103 Å². The Morgan fingerprint density at radius 1 is 1.06 bits per heavy atom. The van der Waals surface area contributed by atoms with Gasteiger partial charge >= 0.3 is 0 Å². The summed E-state index contributed by atoms with van der Waals surface area (Å²) in [5, 5.41) is 0. The standard InChI is InChI=1S/C15H19NO/c1-12-6-4-5-7-14(12)15-9-8-13(2)16(15)10-11-17-3/h4-9H,10-11H2,1-3H3. The molecule has 0 atom stereocenters. The highest BCUT2D eigenvalue weighted by molar-refractivity contribution is 5.64. The van der Waals surface area contributed by atoms with Crippen LogP contribution in [0.15, 0.2) is 36.4 Å². The summed E-state index contributed by atoms with van der Waals surface area (Å²) in [6, 6.07) is 12.8.